The van der Waals surface area contributed by atoms with E-state index in [-0.39, 0.29) is 17.5 Å². The highest BCUT2D eigenvalue weighted by molar-refractivity contribution is 8.00. The molecule has 50 heavy (non-hydrogen) atoms. The minimum Gasteiger partial charge on any atom is -0.324 e. The summed E-state index contributed by atoms with van der Waals surface area (Å²) in [5.41, 5.74) is 5.74. The summed E-state index contributed by atoms with van der Waals surface area (Å²) in [5, 5.41) is 10.4. The normalized spacial score (nSPS) is 11.8. The molecule has 0 fully saturated rings. The number of fused-ring (bicyclic) bond motifs is 1. The Morgan fingerprint density at radius 1 is 0.700 bits per heavy atom. The van der Waals surface area contributed by atoms with Crippen molar-refractivity contribution in [2.24, 2.45) is 0 Å². The van der Waals surface area contributed by atoms with Gasteiger partial charge in [-0.3, -0.25) is 14.4 Å². The summed E-state index contributed by atoms with van der Waals surface area (Å²) < 4.78 is 0. The van der Waals surface area contributed by atoms with Crippen LogP contribution in [0.4, 0.5) is 11.4 Å². The number of carbonyl (C=O) groups excluding carboxylic acids is 3. The van der Waals surface area contributed by atoms with Gasteiger partial charge in [0.2, 0.25) is 5.91 Å². The van der Waals surface area contributed by atoms with Crippen molar-refractivity contribution in [3.05, 3.63) is 179 Å². The van der Waals surface area contributed by atoms with Crippen LogP contribution in [0.25, 0.3) is 16.8 Å². The highest BCUT2D eigenvalue weighted by Gasteiger charge is 2.24. The van der Waals surface area contributed by atoms with E-state index in [0.717, 1.165) is 50.0 Å². The average Bonchev–Trinajstić information content (AvgIpc) is 3.15. The van der Waals surface area contributed by atoms with Gasteiger partial charge >= 0.3 is 0 Å². The Bertz CT molecular complexity index is 2160. The van der Waals surface area contributed by atoms with E-state index >= 15 is 0 Å². The fraction of sp³-hybridized carbons (Fsp3) is 0.0930. The molecule has 1 unspecified atom stereocenters. The molecule has 6 aromatic carbocycles. The van der Waals surface area contributed by atoms with Gasteiger partial charge in [0.1, 0.15) is 10.9 Å². The molecule has 0 heterocycles. The third-order valence-electron chi connectivity index (χ3n) is 8.35. The molecule has 6 aromatic rings. The van der Waals surface area contributed by atoms with E-state index in [4.69, 9.17) is 0 Å². The van der Waals surface area contributed by atoms with Gasteiger partial charge in [0.15, 0.2) is 0 Å². The molecule has 0 saturated carbocycles. The highest BCUT2D eigenvalue weighted by Crippen LogP contribution is 2.37. The summed E-state index contributed by atoms with van der Waals surface area (Å²) in [7, 11) is 0. The van der Waals surface area contributed by atoms with E-state index in [1.54, 1.807) is 42.5 Å². The minimum absolute atomic E-state index is 0.108. The number of anilines is 2. The van der Waals surface area contributed by atoms with Crippen molar-refractivity contribution in [2.75, 3.05) is 10.6 Å². The number of amides is 3. The Morgan fingerprint density at radius 2 is 1.36 bits per heavy atom. The zero-order valence-corrected chi connectivity index (χ0v) is 28.7. The van der Waals surface area contributed by atoms with Gasteiger partial charge in [0.25, 0.3) is 11.8 Å². The fourth-order valence-electron chi connectivity index (χ4n) is 5.72. The van der Waals surface area contributed by atoms with Crippen LogP contribution in [0.2, 0.25) is 0 Å². The molecule has 248 valence electrons. The molecule has 0 bridgehead atoms. The second-order valence-electron chi connectivity index (χ2n) is 11.8. The van der Waals surface area contributed by atoms with E-state index in [1.165, 1.54) is 11.8 Å². The summed E-state index contributed by atoms with van der Waals surface area (Å²) in [6, 6.07) is 45.6. The Hall–Kier alpha value is -5.92. The Kier molecular flexibility index (Phi) is 10.9. The van der Waals surface area contributed by atoms with E-state index < -0.39 is 11.2 Å². The molecule has 0 aliphatic heterocycles. The minimum atomic E-state index is -0.510. The molecule has 1 atom stereocenters. The quantitative estimate of drug-likeness (QED) is 0.0943. The van der Waals surface area contributed by atoms with Gasteiger partial charge in [-0.2, -0.15) is 0 Å². The number of thioether (sulfide) groups is 1. The molecular weight excluding hydrogens is 639 g/mol. The predicted molar refractivity (Wildman–Crippen MR) is 205 cm³/mol. The first-order valence-electron chi connectivity index (χ1n) is 16.5. The lowest BCUT2D eigenvalue weighted by Gasteiger charge is -2.20. The van der Waals surface area contributed by atoms with Crippen LogP contribution in [0.15, 0.2) is 156 Å². The third kappa shape index (κ3) is 8.20. The smallest absolute Gasteiger partial charge is 0.272 e. The maximum Gasteiger partial charge on any atom is 0.272 e. The summed E-state index contributed by atoms with van der Waals surface area (Å²) in [4.78, 5) is 41.6. The zero-order valence-electron chi connectivity index (χ0n) is 27.9. The number of hydrogen-bond donors (Lipinski definition) is 3. The molecule has 0 radical (unpaired) electrons. The van der Waals surface area contributed by atoms with Crippen molar-refractivity contribution >= 4 is 57.7 Å². The van der Waals surface area contributed by atoms with Gasteiger partial charge in [-0.25, -0.2) is 0 Å². The van der Waals surface area contributed by atoms with Crippen LogP contribution in [-0.2, 0) is 16.0 Å². The first kappa shape index (κ1) is 34.0. The van der Waals surface area contributed by atoms with E-state index in [1.807, 2.05) is 116 Å². The van der Waals surface area contributed by atoms with Crippen molar-refractivity contribution < 1.29 is 14.4 Å². The predicted octanol–water partition coefficient (Wildman–Crippen LogP) is 9.59. The SMILES string of the molecule is CCc1cccc(C)c1NC(=O)C(Sc1ccc(NC(=O)/C(=C/c2cccc3ccccc23)NC(=O)c2ccccc2)cc1)c1ccccc1. The number of hydrogen-bond acceptors (Lipinski definition) is 4. The molecule has 0 aromatic heterocycles. The molecule has 6 rings (SSSR count). The van der Waals surface area contributed by atoms with E-state index in [2.05, 4.69) is 22.9 Å². The number of benzene rings is 6. The summed E-state index contributed by atoms with van der Waals surface area (Å²) in [5.74, 6) is -0.963. The third-order valence-corrected chi connectivity index (χ3v) is 9.61. The largest absolute Gasteiger partial charge is 0.324 e. The molecule has 3 N–H and O–H groups in total. The van der Waals surface area contributed by atoms with Gasteiger partial charge in [0, 0.05) is 21.8 Å². The van der Waals surface area contributed by atoms with Gasteiger partial charge in [-0.1, -0.05) is 116 Å². The molecule has 3 amide bonds. The summed E-state index contributed by atoms with van der Waals surface area (Å²) in [6.07, 6.45) is 2.51. The van der Waals surface area contributed by atoms with Crippen LogP contribution < -0.4 is 16.0 Å². The van der Waals surface area contributed by atoms with Crippen LogP contribution in [0, 0.1) is 6.92 Å². The lowest BCUT2D eigenvalue weighted by Crippen LogP contribution is -2.30. The molecule has 7 heteroatoms. The fourth-order valence-corrected chi connectivity index (χ4v) is 6.74. The van der Waals surface area contributed by atoms with Gasteiger partial charge in [-0.15, -0.1) is 11.8 Å². The Morgan fingerprint density at radius 3 is 2.10 bits per heavy atom. The van der Waals surface area contributed by atoms with Crippen molar-refractivity contribution in [1.82, 2.24) is 5.32 Å². The van der Waals surface area contributed by atoms with Gasteiger partial charge < -0.3 is 16.0 Å². The maximum atomic E-state index is 13.8. The van der Waals surface area contributed by atoms with Crippen LogP contribution >= 0.6 is 11.8 Å². The van der Waals surface area contributed by atoms with Gasteiger partial charge in [0.05, 0.1) is 0 Å². The van der Waals surface area contributed by atoms with E-state index in [9.17, 15) is 14.4 Å². The van der Waals surface area contributed by atoms with Crippen LogP contribution in [-0.4, -0.2) is 17.7 Å². The monoisotopic (exact) mass is 675 g/mol. The highest BCUT2D eigenvalue weighted by atomic mass is 32.2. The number of aryl methyl sites for hydroxylation is 2. The lowest BCUT2D eigenvalue weighted by molar-refractivity contribution is -0.116. The average molecular weight is 676 g/mol. The van der Waals surface area contributed by atoms with Crippen molar-refractivity contribution in [3.8, 4) is 0 Å². The molecule has 0 spiro atoms. The second kappa shape index (κ2) is 16.0. The number of para-hydroxylation sites is 1. The Balaban J connectivity index is 1.23. The first-order chi connectivity index (χ1) is 24.4. The van der Waals surface area contributed by atoms with Gasteiger partial charge in [-0.05, 0) is 88.8 Å². The molecule has 0 aliphatic rings. The molecular formula is C43H37N3O3S. The summed E-state index contributed by atoms with van der Waals surface area (Å²) in [6.45, 7) is 4.08. The van der Waals surface area contributed by atoms with Crippen molar-refractivity contribution in [3.63, 3.8) is 0 Å². The Labute approximate surface area is 296 Å². The first-order valence-corrected chi connectivity index (χ1v) is 17.4. The van der Waals surface area contributed by atoms with E-state index in [0.29, 0.717) is 11.3 Å². The van der Waals surface area contributed by atoms with Crippen molar-refractivity contribution in [2.45, 2.75) is 30.4 Å². The summed E-state index contributed by atoms with van der Waals surface area (Å²) >= 11 is 1.44. The second-order valence-corrected chi connectivity index (χ2v) is 13.0. The molecule has 6 nitrogen and oxygen atoms in total. The van der Waals surface area contributed by atoms with Crippen LogP contribution in [0.1, 0.15) is 44.8 Å². The molecule has 0 saturated heterocycles. The topological polar surface area (TPSA) is 87.3 Å². The van der Waals surface area contributed by atoms with Crippen LogP contribution in [0.5, 0.6) is 0 Å². The number of nitrogens with one attached hydrogen (secondary N) is 3. The number of carbonyl (C=O) groups is 3. The lowest BCUT2D eigenvalue weighted by atomic mass is 10.0. The standard InChI is InChI=1S/C43H37N3O3S/c1-3-30-20-12-14-29(2)39(30)46-43(49)40(32-16-6-4-7-17-32)50-36-26-24-35(25-27-36)44-42(48)38(45-41(47)33-18-8-5-9-19-33)28-34-22-13-21-31-15-10-11-23-37(31)34/h4-28,40H,3H2,1-2H3,(H,44,48)(H,45,47)(H,46,49)/b38-28-. The zero-order chi connectivity index (χ0) is 34.9. The molecule has 0 aliphatic carbocycles. The maximum absolute atomic E-state index is 13.8. The van der Waals surface area contributed by atoms with Crippen LogP contribution in [0.3, 0.4) is 0 Å². The number of rotatable bonds is 11. The van der Waals surface area contributed by atoms with Crippen molar-refractivity contribution in [1.29, 1.82) is 0 Å².